The summed E-state index contributed by atoms with van der Waals surface area (Å²) < 4.78 is 12.9. The average molecular weight is 1620 g/mol. The fourth-order valence-electron chi connectivity index (χ4n) is 21.8. The number of amides is 4. The van der Waals surface area contributed by atoms with Gasteiger partial charge in [0, 0.05) is 89.6 Å². The monoisotopic (exact) mass is 1620 g/mol. The van der Waals surface area contributed by atoms with E-state index >= 15 is 0 Å². The lowest BCUT2D eigenvalue weighted by atomic mass is 9.69. The Morgan fingerprint density at radius 1 is 0.419 bits per heavy atom. The number of nitrogens with zero attached hydrogens (tertiary/aromatic N) is 6. The van der Waals surface area contributed by atoms with Crippen LogP contribution in [0.25, 0.3) is 0 Å². The van der Waals surface area contributed by atoms with Crippen LogP contribution in [0.2, 0.25) is 0 Å². The second-order valence-corrected chi connectivity index (χ2v) is 37.0. The van der Waals surface area contributed by atoms with Gasteiger partial charge in [0.2, 0.25) is 23.6 Å². The normalized spacial score (nSPS) is 32.6. The molecule has 10 aliphatic heterocycles. The van der Waals surface area contributed by atoms with E-state index in [0.29, 0.717) is 61.4 Å². The van der Waals surface area contributed by atoms with Crippen LogP contribution >= 0.6 is 0 Å². The van der Waals surface area contributed by atoms with E-state index in [1.807, 2.05) is 40.5 Å². The lowest BCUT2D eigenvalue weighted by Gasteiger charge is -2.39. The quantitative estimate of drug-likeness (QED) is 0.172. The highest BCUT2D eigenvalue weighted by Crippen LogP contribution is 2.43. The van der Waals surface area contributed by atoms with Crippen LogP contribution in [-0.4, -0.2) is 226 Å². The fourth-order valence-corrected chi connectivity index (χ4v) is 21.8. The van der Waals surface area contributed by atoms with Gasteiger partial charge in [-0.3, -0.25) is 62.6 Å². The van der Waals surface area contributed by atoms with Crippen molar-refractivity contribution in [2.24, 2.45) is 17.1 Å². The van der Waals surface area contributed by atoms with Crippen LogP contribution in [0, 0.1) is 17.2 Å². The van der Waals surface area contributed by atoms with E-state index in [1.54, 1.807) is 12.1 Å². The van der Waals surface area contributed by atoms with E-state index < -0.39 is 16.6 Å². The number of halogens is 1. The molecule has 8 spiro atoms. The molecule has 16 aliphatic rings. The number of allylic oxidation sites excluding steroid dienone is 3. The van der Waals surface area contributed by atoms with E-state index in [9.17, 15) is 52.3 Å². The van der Waals surface area contributed by atoms with E-state index in [4.69, 9.17) is 5.73 Å². The van der Waals surface area contributed by atoms with Crippen molar-refractivity contribution in [1.82, 2.24) is 50.7 Å². The number of likely N-dealkylation sites (N-methyl/N-ethyl adjacent to an activating group) is 3. The highest BCUT2D eigenvalue weighted by Gasteiger charge is 2.52. The van der Waals surface area contributed by atoms with E-state index in [0.717, 1.165) is 257 Å². The smallest absolute Gasteiger partial charge is 0.243 e. The third-order valence-corrected chi connectivity index (χ3v) is 29.0. The summed E-state index contributed by atoms with van der Waals surface area (Å²) >= 11 is 0. The molecule has 11 fully saturated rings. The minimum Gasteiger partial charge on any atom is -0.369 e. The third-order valence-electron chi connectivity index (χ3n) is 29.0. The highest BCUT2D eigenvalue weighted by atomic mass is 19.1. The molecular weight excluding hydrogens is 1470 g/mol. The Balaban J connectivity index is 0.000000142. The largest absolute Gasteiger partial charge is 0.369 e. The van der Waals surface area contributed by atoms with Crippen molar-refractivity contribution in [3.63, 3.8) is 0 Å². The standard InChI is InChI=1S/C16H19FN2O.C14H21NO2.C12H18N2O2.C11H18N2O.C11H17NO.C11H19NO.2C10H17NO/c17-14-6-4-13(5-7-14)12-19-11-2-1-8-16(15(19)20)9-3-10-18-16;1-11(2)13(17)15-10-6-9-14(15)8-5-3-4-7-12(14)16;13-11(16)9-14-8-4-7-12(14)6-3-1-2-5-10(12)15;1-12-8-4-3-6-11(10(12)14)7-5-9-13(11)2;1-12-9-5-8-11(12)7-4-2-3-6-10(11)13;13-10-6-2-1-3-7-11(10)8-4-5-9-12-11;12-9-5-1-2-6-10(9)7-3-4-8-11-10;12-9-4-1-2-5-10(9)6-3-7-11-8-10/h1-2,4-7,18H,3,8-12H2;3,5,11H,4,6-10H2,1-2H3;1,3H,2,4-9H2,(H2,13,16);3-4H,5-9H2,1-2H3;2,4H,3,5-9H2,1H3;12H,1-9H2;2*11H,1-8H2. The van der Waals surface area contributed by atoms with Crippen LogP contribution in [0.1, 0.15) is 289 Å². The fraction of sp³-hybridized carbons (Fsp3) is 0.726. The molecule has 1 aromatic carbocycles. The van der Waals surface area contributed by atoms with Crippen molar-refractivity contribution in [2.45, 2.75) is 329 Å². The van der Waals surface area contributed by atoms with Gasteiger partial charge in [0.1, 0.15) is 28.2 Å². The van der Waals surface area contributed by atoms with Gasteiger partial charge in [-0.05, 0) is 283 Å². The second kappa shape index (κ2) is 43.8. The van der Waals surface area contributed by atoms with Gasteiger partial charge in [-0.2, -0.15) is 0 Å². The van der Waals surface area contributed by atoms with Gasteiger partial charge in [0.05, 0.1) is 28.7 Å². The maximum Gasteiger partial charge on any atom is 0.243 e. The number of hydrogen-bond acceptors (Lipinski definition) is 17. The van der Waals surface area contributed by atoms with Crippen LogP contribution in [0.15, 0.2) is 85.0 Å². The Hall–Kier alpha value is -6.53. The number of carbonyl (C=O) groups is 10. The van der Waals surface area contributed by atoms with Crippen molar-refractivity contribution in [3.05, 3.63) is 96.4 Å². The van der Waals surface area contributed by atoms with Crippen LogP contribution < -0.4 is 27.0 Å². The first-order valence-corrected chi connectivity index (χ1v) is 45.8. The van der Waals surface area contributed by atoms with Gasteiger partial charge in [0.25, 0.3) is 0 Å². The van der Waals surface area contributed by atoms with Crippen LogP contribution in [0.5, 0.6) is 0 Å². The van der Waals surface area contributed by atoms with E-state index in [-0.39, 0.29) is 75.1 Å². The van der Waals surface area contributed by atoms with Gasteiger partial charge in [-0.1, -0.05) is 112 Å². The SMILES string of the molecule is CC(C)C(=O)N1CCCC12CC=CCCC2=O.CN1CC=CCC2(CCCN2C)C1=O.CN1CCCC12CC=CCCC2=O.NC(=O)CN1CCCC12CC=CCCC2=O.O=C1CCCCC12CCCCN2.O=C1CCCCC12CCCNC2.O=C1CCCCCC12CCCCN2.O=C1N(Cc2ccc(F)cc2)CC=CCC12CCCN2. The molecule has 117 heavy (non-hydrogen) atoms. The van der Waals surface area contributed by atoms with Crippen LogP contribution in [0.4, 0.5) is 4.39 Å². The molecule has 17 rings (SSSR count). The summed E-state index contributed by atoms with van der Waals surface area (Å²) in [6.07, 6.45) is 63.1. The molecule has 8 saturated heterocycles. The molecule has 0 radical (unpaired) electrons. The maximum absolute atomic E-state index is 12.9. The van der Waals surface area contributed by atoms with Gasteiger partial charge in [-0.15, -0.1) is 0 Å². The Kier molecular flexibility index (Phi) is 34.7. The molecule has 8 atom stereocenters. The number of ketones is 6. The molecule has 4 amide bonds. The highest BCUT2D eigenvalue weighted by molar-refractivity contribution is 5.95. The molecule has 1 aromatic rings. The predicted octanol–water partition coefficient (Wildman–Crippen LogP) is 13.0. The summed E-state index contributed by atoms with van der Waals surface area (Å²) in [6.45, 7) is 14.7. The molecule has 0 aromatic heterocycles. The van der Waals surface area contributed by atoms with Crippen molar-refractivity contribution in [2.75, 3.05) is 99.7 Å². The Morgan fingerprint density at radius 2 is 0.872 bits per heavy atom. The Morgan fingerprint density at radius 3 is 1.44 bits per heavy atom. The van der Waals surface area contributed by atoms with E-state index in [1.165, 1.54) is 76.3 Å². The molecule has 10 heterocycles. The number of nitrogens with two attached hydrogens (primary N) is 1. The zero-order valence-corrected chi connectivity index (χ0v) is 72.3. The number of rotatable bonds is 5. The minimum atomic E-state index is -0.506. The third kappa shape index (κ3) is 23.0. The summed E-state index contributed by atoms with van der Waals surface area (Å²) in [5.41, 5.74) is 4.42. The first-order chi connectivity index (χ1) is 56.3. The molecule has 648 valence electrons. The minimum absolute atomic E-state index is 0.0231. The van der Waals surface area contributed by atoms with Crippen LogP contribution in [-0.2, 0) is 54.5 Å². The van der Waals surface area contributed by atoms with Crippen molar-refractivity contribution in [3.8, 4) is 0 Å². The topological polar surface area (TPSA) is 264 Å². The Labute approximate surface area is 699 Å². The zero-order chi connectivity index (χ0) is 83.6. The molecule has 3 saturated carbocycles. The average Bonchev–Trinajstić information content (AvgIpc) is 1.63. The molecule has 6 aliphatic carbocycles. The van der Waals surface area contributed by atoms with Crippen molar-refractivity contribution >= 4 is 58.3 Å². The van der Waals surface area contributed by atoms with Gasteiger partial charge < -0.3 is 41.7 Å². The van der Waals surface area contributed by atoms with Crippen molar-refractivity contribution < 1.29 is 52.3 Å². The zero-order valence-electron chi connectivity index (χ0n) is 72.3. The first-order valence-electron chi connectivity index (χ1n) is 45.8. The molecular formula is C95H146FN11O10. The molecule has 8 unspecified atom stereocenters. The maximum atomic E-state index is 12.9. The van der Waals surface area contributed by atoms with E-state index in [2.05, 4.69) is 106 Å². The molecule has 0 bridgehead atoms. The number of Topliss-reactive ketones (excluding diaryl/α,β-unsaturated/α-hetero) is 6. The van der Waals surface area contributed by atoms with Gasteiger partial charge in [0.15, 0.2) is 28.9 Å². The number of hydrogen-bond donors (Lipinski definition) is 5. The van der Waals surface area contributed by atoms with Gasteiger partial charge >= 0.3 is 0 Å². The number of nitrogens with one attached hydrogen (secondary N) is 4. The summed E-state index contributed by atoms with van der Waals surface area (Å²) in [6, 6.07) is 6.37. The molecule has 21 nitrogen and oxygen atoms in total. The van der Waals surface area contributed by atoms with Crippen molar-refractivity contribution in [1.29, 1.82) is 0 Å². The van der Waals surface area contributed by atoms with Gasteiger partial charge in [-0.25, -0.2) is 4.39 Å². The molecule has 6 N–H and O–H groups in total. The molecule has 22 heteroatoms. The number of primary amides is 1. The first kappa shape index (κ1) is 92.8. The summed E-state index contributed by atoms with van der Waals surface area (Å²) in [7, 11) is 6.05. The number of benzene rings is 1. The number of piperidine rings is 3. The summed E-state index contributed by atoms with van der Waals surface area (Å²) in [4.78, 5) is 132. The predicted molar refractivity (Wildman–Crippen MR) is 460 cm³/mol. The summed E-state index contributed by atoms with van der Waals surface area (Å²) in [5.74, 6) is 2.47. The summed E-state index contributed by atoms with van der Waals surface area (Å²) in [5, 5.41) is 13.6. The number of carbonyl (C=O) groups excluding carboxylic acids is 10. The lowest BCUT2D eigenvalue weighted by Crippen LogP contribution is -2.55. The lowest BCUT2D eigenvalue weighted by molar-refractivity contribution is -0.146. The number of likely N-dealkylation sites (tertiary alicyclic amines) is 4. The Bertz CT molecular complexity index is 3620. The second-order valence-electron chi connectivity index (χ2n) is 37.0. The van der Waals surface area contributed by atoms with Crippen LogP contribution in [0.3, 0.4) is 0 Å².